The highest BCUT2D eigenvalue weighted by molar-refractivity contribution is 6.32. The quantitative estimate of drug-likeness (QED) is 0.848. The van der Waals surface area contributed by atoms with Crippen LogP contribution in [-0.4, -0.2) is 17.1 Å². The first kappa shape index (κ1) is 13.8. The fraction of sp³-hybridized carbons (Fsp3) is 0.462. The third-order valence-electron chi connectivity index (χ3n) is 2.58. The van der Waals surface area contributed by atoms with E-state index in [9.17, 15) is 9.90 Å². The highest BCUT2D eigenvalue weighted by Gasteiger charge is 2.10. The Bertz CT molecular complexity index is 393. The summed E-state index contributed by atoms with van der Waals surface area (Å²) in [5.41, 5.74) is 0.469. The van der Waals surface area contributed by atoms with Crippen LogP contribution in [0.4, 0.5) is 0 Å². The van der Waals surface area contributed by atoms with Crippen molar-refractivity contribution < 1.29 is 9.90 Å². The van der Waals surface area contributed by atoms with E-state index in [0.29, 0.717) is 5.56 Å². The number of carbonyl (C=O) groups excluding carboxylic acids is 1. The lowest BCUT2D eigenvalue weighted by Crippen LogP contribution is -2.32. The highest BCUT2D eigenvalue weighted by Crippen LogP contribution is 2.23. The lowest BCUT2D eigenvalue weighted by Gasteiger charge is -2.13. The maximum absolute atomic E-state index is 11.8. The Labute approximate surface area is 107 Å². The van der Waals surface area contributed by atoms with Gasteiger partial charge in [0.1, 0.15) is 5.75 Å². The lowest BCUT2D eigenvalue weighted by atomic mass is 10.1. The number of phenols is 1. The van der Waals surface area contributed by atoms with Crippen molar-refractivity contribution in [2.45, 2.75) is 39.2 Å². The summed E-state index contributed by atoms with van der Waals surface area (Å²) in [6.07, 6.45) is 3.18. The summed E-state index contributed by atoms with van der Waals surface area (Å²) in [5.74, 6) is -0.169. The Morgan fingerprint density at radius 1 is 1.53 bits per heavy atom. The number of hydrogen-bond donors (Lipinski definition) is 2. The molecule has 1 atom stereocenters. The van der Waals surface area contributed by atoms with Crippen molar-refractivity contribution in [1.29, 1.82) is 0 Å². The molecule has 0 aliphatic rings. The molecule has 1 aromatic carbocycles. The largest absolute Gasteiger partial charge is 0.506 e. The second-order valence-electron chi connectivity index (χ2n) is 4.18. The van der Waals surface area contributed by atoms with Gasteiger partial charge in [-0.2, -0.15) is 0 Å². The van der Waals surface area contributed by atoms with Crippen LogP contribution in [0.2, 0.25) is 5.02 Å². The van der Waals surface area contributed by atoms with E-state index in [0.717, 1.165) is 19.3 Å². The molecule has 0 spiro atoms. The molecule has 1 unspecified atom stereocenters. The zero-order chi connectivity index (χ0) is 12.8. The van der Waals surface area contributed by atoms with Gasteiger partial charge >= 0.3 is 0 Å². The molecule has 0 aliphatic heterocycles. The second-order valence-corrected chi connectivity index (χ2v) is 4.59. The molecule has 1 rings (SSSR count). The Kier molecular flexibility index (Phi) is 5.29. The molecular weight excluding hydrogens is 238 g/mol. The molecule has 4 heteroatoms. The number of hydrogen-bond acceptors (Lipinski definition) is 2. The first-order valence-corrected chi connectivity index (χ1v) is 6.21. The molecule has 0 saturated carbocycles. The van der Waals surface area contributed by atoms with Crippen molar-refractivity contribution in [1.82, 2.24) is 5.32 Å². The Morgan fingerprint density at radius 3 is 2.82 bits per heavy atom. The van der Waals surface area contributed by atoms with Crippen LogP contribution in [0, 0.1) is 0 Å². The topological polar surface area (TPSA) is 49.3 Å². The first-order chi connectivity index (χ1) is 8.04. The van der Waals surface area contributed by atoms with Gasteiger partial charge in [0, 0.05) is 11.6 Å². The van der Waals surface area contributed by atoms with E-state index in [4.69, 9.17) is 11.6 Å². The van der Waals surface area contributed by atoms with Gasteiger partial charge in [0.25, 0.3) is 5.91 Å². The average Bonchev–Trinajstić information content (AvgIpc) is 2.30. The number of carbonyl (C=O) groups is 1. The molecule has 3 nitrogen and oxygen atoms in total. The minimum absolute atomic E-state index is 0.0118. The molecule has 0 aromatic heterocycles. The van der Waals surface area contributed by atoms with E-state index in [-0.39, 0.29) is 22.7 Å². The standard InChI is InChI=1S/C13H18ClNO2/c1-3-4-5-9(2)15-13(17)10-6-7-12(16)11(14)8-10/h6-9,16H,3-5H2,1-2H3,(H,15,17). The third kappa shape index (κ3) is 4.27. The van der Waals surface area contributed by atoms with Crippen molar-refractivity contribution >= 4 is 17.5 Å². The summed E-state index contributed by atoms with van der Waals surface area (Å²) < 4.78 is 0. The van der Waals surface area contributed by atoms with Crippen molar-refractivity contribution in [3.8, 4) is 5.75 Å². The summed E-state index contributed by atoms with van der Waals surface area (Å²) in [4.78, 5) is 11.8. The van der Waals surface area contributed by atoms with Crippen molar-refractivity contribution in [3.05, 3.63) is 28.8 Å². The molecule has 94 valence electrons. The first-order valence-electron chi connectivity index (χ1n) is 5.84. The Hall–Kier alpha value is -1.22. The van der Waals surface area contributed by atoms with Crippen LogP contribution in [0.3, 0.4) is 0 Å². The highest BCUT2D eigenvalue weighted by atomic mass is 35.5. The number of rotatable bonds is 5. The molecule has 0 aliphatic carbocycles. The minimum atomic E-state index is -0.157. The van der Waals surface area contributed by atoms with E-state index in [1.54, 1.807) is 6.07 Å². The van der Waals surface area contributed by atoms with Gasteiger partial charge in [0.15, 0.2) is 0 Å². The van der Waals surface area contributed by atoms with Gasteiger partial charge in [0.2, 0.25) is 0 Å². The fourth-order valence-electron chi connectivity index (χ4n) is 1.54. The van der Waals surface area contributed by atoms with Crippen LogP contribution >= 0.6 is 11.6 Å². The third-order valence-corrected chi connectivity index (χ3v) is 2.88. The zero-order valence-corrected chi connectivity index (χ0v) is 10.9. The number of aromatic hydroxyl groups is 1. The maximum Gasteiger partial charge on any atom is 0.251 e. The van der Waals surface area contributed by atoms with E-state index >= 15 is 0 Å². The van der Waals surface area contributed by atoms with Crippen LogP contribution < -0.4 is 5.32 Å². The molecule has 17 heavy (non-hydrogen) atoms. The average molecular weight is 256 g/mol. The SMILES string of the molecule is CCCCC(C)NC(=O)c1ccc(O)c(Cl)c1. The monoisotopic (exact) mass is 255 g/mol. The minimum Gasteiger partial charge on any atom is -0.506 e. The smallest absolute Gasteiger partial charge is 0.251 e. The molecule has 2 N–H and O–H groups in total. The van der Waals surface area contributed by atoms with E-state index in [2.05, 4.69) is 12.2 Å². The fourth-order valence-corrected chi connectivity index (χ4v) is 1.72. The predicted octanol–water partition coefficient (Wildman–Crippen LogP) is 3.35. The van der Waals surface area contributed by atoms with Gasteiger partial charge in [0.05, 0.1) is 5.02 Å². The predicted molar refractivity (Wildman–Crippen MR) is 69.6 cm³/mol. The molecule has 1 aromatic rings. The summed E-state index contributed by atoms with van der Waals surface area (Å²) in [6, 6.07) is 4.60. The van der Waals surface area contributed by atoms with Gasteiger partial charge in [-0.3, -0.25) is 4.79 Å². The number of halogens is 1. The molecular formula is C13H18ClNO2. The molecule has 0 heterocycles. The van der Waals surface area contributed by atoms with Gasteiger partial charge in [-0.05, 0) is 31.5 Å². The van der Waals surface area contributed by atoms with E-state index in [1.165, 1.54) is 12.1 Å². The Morgan fingerprint density at radius 2 is 2.24 bits per heavy atom. The molecule has 0 fully saturated rings. The summed E-state index contributed by atoms with van der Waals surface area (Å²) >= 11 is 5.75. The molecule has 0 bridgehead atoms. The van der Waals surface area contributed by atoms with Crippen LogP contribution in [0.25, 0.3) is 0 Å². The number of amides is 1. The van der Waals surface area contributed by atoms with Crippen LogP contribution in [0.1, 0.15) is 43.5 Å². The number of nitrogens with one attached hydrogen (secondary N) is 1. The summed E-state index contributed by atoms with van der Waals surface area (Å²) in [5, 5.41) is 12.4. The number of unbranched alkanes of at least 4 members (excludes halogenated alkanes) is 1. The number of benzene rings is 1. The van der Waals surface area contributed by atoms with Crippen molar-refractivity contribution in [2.24, 2.45) is 0 Å². The Balaban J connectivity index is 2.60. The van der Waals surface area contributed by atoms with Crippen LogP contribution in [0.15, 0.2) is 18.2 Å². The van der Waals surface area contributed by atoms with Gasteiger partial charge in [-0.15, -0.1) is 0 Å². The number of phenolic OH excluding ortho intramolecular Hbond substituents is 1. The lowest BCUT2D eigenvalue weighted by molar-refractivity contribution is 0.0938. The molecule has 1 amide bonds. The summed E-state index contributed by atoms with van der Waals surface area (Å²) in [7, 11) is 0. The summed E-state index contributed by atoms with van der Waals surface area (Å²) in [6.45, 7) is 4.10. The van der Waals surface area contributed by atoms with Gasteiger partial charge < -0.3 is 10.4 Å². The van der Waals surface area contributed by atoms with Gasteiger partial charge in [-0.25, -0.2) is 0 Å². The normalized spacial score (nSPS) is 12.2. The molecule has 0 radical (unpaired) electrons. The van der Waals surface area contributed by atoms with Crippen molar-refractivity contribution in [3.63, 3.8) is 0 Å². The van der Waals surface area contributed by atoms with E-state index < -0.39 is 0 Å². The zero-order valence-electron chi connectivity index (χ0n) is 10.2. The van der Waals surface area contributed by atoms with Crippen LogP contribution in [-0.2, 0) is 0 Å². The maximum atomic E-state index is 11.8. The van der Waals surface area contributed by atoms with Gasteiger partial charge in [-0.1, -0.05) is 31.4 Å². The van der Waals surface area contributed by atoms with E-state index in [1.807, 2.05) is 6.92 Å². The van der Waals surface area contributed by atoms with Crippen LogP contribution in [0.5, 0.6) is 5.75 Å². The second kappa shape index (κ2) is 6.50. The molecule has 0 saturated heterocycles. The van der Waals surface area contributed by atoms with Crippen molar-refractivity contribution in [2.75, 3.05) is 0 Å².